The third-order valence-electron chi connectivity index (χ3n) is 3.81. The number of nitrogen functional groups attached to an aromatic ring is 1. The van der Waals surface area contributed by atoms with Gasteiger partial charge in [-0.25, -0.2) is 4.79 Å². The van der Waals surface area contributed by atoms with Crippen molar-refractivity contribution in [3.8, 4) is 0 Å². The van der Waals surface area contributed by atoms with Crippen LogP contribution in [0.3, 0.4) is 0 Å². The Balaban J connectivity index is 1.69. The molecule has 1 aliphatic heterocycles. The number of rotatable bonds is 4. The monoisotopic (exact) mass is 330 g/mol. The lowest BCUT2D eigenvalue weighted by atomic mass is 10.1. The zero-order chi connectivity index (χ0) is 17.3. The van der Waals surface area contributed by atoms with Crippen LogP contribution >= 0.6 is 0 Å². The minimum Gasteiger partial charge on any atom is -0.478 e. The molecule has 1 atom stereocenters. The molecule has 1 aromatic heterocycles. The number of hydrogen-bond donors (Lipinski definition) is 5. The van der Waals surface area contributed by atoms with E-state index in [0.717, 1.165) is 5.69 Å². The second kappa shape index (κ2) is 6.11. The smallest absolute Gasteiger partial charge is 0.335 e. The van der Waals surface area contributed by atoms with Crippen molar-refractivity contribution in [3.63, 3.8) is 0 Å². The fourth-order valence-corrected chi connectivity index (χ4v) is 2.69. The van der Waals surface area contributed by atoms with Gasteiger partial charge in [-0.3, -0.25) is 9.78 Å². The van der Waals surface area contributed by atoms with Crippen molar-refractivity contribution in [2.75, 3.05) is 41.4 Å². The number of aromatic nitrogens is 2. The van der Waals surface area contributed by atoms with Gasteiger partial charge >= 0.3 is 5.97 Å². The van der Waals surface area contributed by atoms with Crippen LogP contribution in [0.1, 0.15) is 10.4 Å². The van der Waals surface area contributed by atoms with Crippen LogP contribution in [0.25, 0.3) is 0 Å². The lowest BCUT2D eigenvalue weighted by Gasteiger charge is -2.33. The summed E-state index contributed by atoms with van der Waals surface area (Å²) in [5, 5.41) is 15.3. The fraction of sp³-hybridized carbons (Fsp3) is 0.267. The Bertz CT molecular complexity index is 817. The molecule has 6 N–H and O–H groups in total. The van der Waals surface area contributed by atoms with Crippen molar-refractivity contribution in [2.24, 2.45) is 0 Å². The number of carboxylic acid groups (broad SMARTS) is 1. The number of nitrogens with one attached hydrogen (secondary N) is 3. The van der Waals surface area contributed by atoms with Gasteiger partial charge in [0.2, 0.25) is 5.95 Å². The van der Waals surface area contributed by atoms with E-state index in [2.05, 4.69) is 20.6 Å². The van der Waals surface area contributed by atoms with Gasteiger partial charge in [0.05, 0.1) is 11.6 Å². The SMILES string of the molecule is CN1CC(CNc2ccc(C(=O)O)cc2)Nc2nc(N)[nH]c(=O)c21. The molecule has 0 bridgehead atoms. The average Bonchev–Trinajstić information content (AvgIpc) is 2.52. The van der Waals surface area contributed by atoms with E-state index in [4.69, 9.17) is 10.8 Å². The van der Waals surface area contributed by atoms with Crippen molar-refractivity contribution in [1.82, 2.24) is 9.97 Å². The van der Waals surface area contributed by atoms with Crippen LogP contribution in [0.5, 0.6) is 0 Å². The summed E-state index contributed by atoms with van der Waals surface area (Å²) in [5.41, 5.74) is 6.83. The summed E-state index contributed by atoms with van der Waals surface area (Å²) in [6.07, 6.45) is 0. The van der Waals surface area contributed by atoms with Crippen molar-refractivity contribution >= 4 is 29.1 Å². The molecule has 0 aliphatic carbocycles. The van der Waals surface area contributed by atoms with Crippen molar-refractivity contribution in [3.05, 3.63) is 40.2 Å². The van der Waals surface area contributed by atoms with Gasteiger partial charge in [0.25, 0.3) is 5.56 Å². The molecule has 2 heterocycles. The number of fused-ring (bicyclic) bond motifs is 1. The number of carbonyl (C=O) groups is 1. The first-order valence-corrected chi connectivity index (χ1v) is 7.38. The summed E-state index contributed by atoms with van der Waals surface area (Å²) < 4.78 is 0. The van der Waals surface area contributed by atoms with Crippen LogP contribution in [-0.4, -0.2) is 47.2 Å². The quantitative estimate of drug-likeness (QED) is 0.543. The van der Waals surface area contributed by atoms with Crippen LogP contribution in [-0.2, 0) is 0 Å². The van der Waals surface area contributed by atoms with Crippen LogP contribution < -0.4 is 26.8 Å². The van der Waals surface area contributed by atoms with Gasteiger partial charge in [0, 0.05) is 25.8 Å². The van der Waals surface area contributed by atoms with Gasteiger partial charge in [0.15, 0.2) is 5.82 Å². The van der Waals surface area contributed by atoms with Gasteiger partial charge in [0.1, 0.15) is 5.69 Å². The number of nitrogens with zero attached hydrogens (tertiary/aromatic N) is 2. The highest BCUT2D eigenvalue weighted by Crippen LogP contribution is 2.24. The van der Waals surface area contributed by atoms with E-state index in [-0.39, 0.29) is 23.1 Å². The number of aromatic amines is 1. The van der Waals surface area contributed by atoms with Gasteiger partial charge in [-0.05, 0) is 24.3 Å². The molecule has 24 heavy (non-hydrogen) atoms. The predicted octanol–water partition coefficient (Wildman–Crippen LogP) is 0.393. The van der Waals surface area contributed by atoms with Crippen LogP contribution in [0.4, 0.5) is 23.1 Å². The van der Waals surface area contributed by atoms with E-state index < -0.39 is 5.97 Å². The minimum atomic E-state index is -0.956. The lowest BCUT2D eigenvalue weighted by molar-refractivity contribution is 0.0697. The minimum absolute atomic E-state index is 0.00958. The number of likely N-dealkylation sites (N-methyl/N-ethyl adjacent to an activating group) is 1. The molecule has 9 nitrogen and oxygen atoms in total. The molecule has 0 radical (unpaired) electrons. The molecule has 0 saturated heterocycles. The fourth-order valence-electron chi connectivity index (χ4n) is 2.69. The van der Waals surface area contributed by atoms with E-state index in [1.54, 1.807) is 24.3 Å². The zero-order valence-electron chi connectivity index (χ0n) is 13.0. The molecule has 0 fully saturated rings. The number of carboxylic acids is 1. The van der Waals surface area contributed by atoms with Gasteiger partial charge in [-0.1, -0.05) is 0 Å². The molecule has 0 saturated carbocycles. The highest BCUT2D eigenvalue weighted by Gasteiger charge is 2.25. The van der Waals surface area contributed by atoms with Crippen LogP contribution in [0, 0.1) is 0 Å². The van der Waals surface area contributed by atoms with Crippen LogP contribution in [0.15, 0.2) is 29.1 Å². The molecule has 3 rings (SSSR count). The van der Waals surface area contributed by atoms with Crippen molar-refractivity contribution in [2.45, 2.75) is 6.04 Å². The van der Waals surface area contributed by atoms with Gasteiger partial charge < -0.3 is 26.4 Å². The van der Waals surface area contributed by atoms with E-state index in [9.17, 15) is 9.59 Å². The zero-order valence-corrected chi connectivity index (χ0v) is 13.0. The lowest BCUT2D eigenvalue weighted by Crippen LogP contribution is -2.46. The topological polar surface area (TPSA) is 136 Å². The Labute approximate surface area is 137 Å². The Morgan fingerprint density at radius 1 is 1.46 bits per heavy atom. The summed E-state index contributed by atoms with van der Waals surface area (Å²) in [6, 6.07) is 6.52. The normalized spacial score (nSPS) is 16.2. The maximum atomic E-state index is 11.9. The molecule has 1 aromatic carbocycles. The number of nitrogens with two attached hydrogens (primary N) is 1. The Kier molecular flexibility index (Phi) is 3.98. The Morgan fingerprint density at radius 3 is 2.83 bits per heavy atom. The second-order valence-electron chi connectivity index (χ2n) is 5.63. The number of anilines is 4. The molecule has 2 aromatic rings. The second-order valence-corrected chi connectivity index (χ2v) is 5.63. The first-order valence-electron chi connectivity index (χ1n) is 7.38. The maximum Gasteiger partial charge on any atom is 0.335 e. The highest BCUT2D eigenvalue weighted by atomic mass is 16.4. The first kappa shape index (κ1) is 15.7. The average molecular weight is 330 g/mol. The summed E-state index contributed by atoms with van der Waals surface area (Å²) in [4.78, 5) is 31.2. The molecule has 0 spiro atoms. The first-order chi connectivity index (χ1) is 11.4. The van der Waals surface area contributed by atoms with E-state index >= 15 is 0 Å². The number of benzene rings is 1. The summed E-state index contributed by atoms with van der Waals surface area (Å²) in [7, 11) is 1.82. The predicted molar refractivity (Wildman–Crippen MR) is 91.8 cm³/mol. The largest absolute Gasteiger partial charge is 0.478 e. The summed E-state index contributed by atoms with van der Waals surface area (Å²) in [5.74, 6) is -0.432. The Morgan fingerprint density at radius 2 is 2.17 bits per heavy atom. The Hall–Kier alpha value is -3.23. The summed E-state index contributed by atoms with van der Waals surface area (Å²) in [6.45, 7) is 1.19. The summed E-state index contributed by atoms with van der Waals surface area (Å²) >= 11 is 0. The van der Waals surface area contributed by atoms with Gasteiger partial charge in [-0.2, -0.15) is 4.98 Å². The molecule has 9 heteroatoms. The highest BCUT2D eigenvalue weighted by molar-refractivity contribution is 5.88. The maximum absolute atomic E-state index is 11.9. The van der Waals surface area contributed by atoms with Gasteiger partial charge in [-0.15, -0.1) is 0 Å². The third kappa shape index (κ3) is 3.09. The number of aromatic carboxylic acids is 1. The van der Waals surface area contributed by atoms with Crippen LogP contribution in [0.2, 0.25) is 0 Å². The van der Waals surface area contributed by atoms with E-state index in [1.165, 1.54) is 0 Å². The third-order valence-corrected chi connectivity index (χ3v) is 3.81. The molecular weight excluding hydrogens is 312 g/mol. The van der Waals surface area contributed by atoms with E-state index in [1.807, 2.05) is 11.9 Å². The number of H-pyrrole nitrogens is 1. The molecule has 0 amide bonds. The molecule has 1 unspecified atom stereocenters. The standard InChI is InChI=1S/C15H18N6O3/c1-21-7-10(18-12-11(21)13(22)20-15(16)19-12)6-17-9-4-2-8(3-5-9)14(23)24/h2-5,10,17H,6-7H2,1H3,(H,23,24)(H4,16,18,19,20,22). The van der Waals surface area contributed by atoms with Crippen molar-refractivity contribution < 1.29 is 9.90 Å². The molecule has 126 valence electrons. The number of hydrogen-bond acceptors (Lipinski definition) is 7. The van der Waals surface area contributed by atoms with E-state index in [0.29, 0.717) is 24.6 Å². The molecular formula is C15H18N6O3. The molecule has 1 aliphatic rings. The van der Waals surface area contributed by atoms with Crippen molar-refractivity contribution in [1.29, 1.82) is 0 Å².